The van der Waals surface area contributed by atoms with Gasteiger partial charge in [-0.3, -0.25) is 9.59 Å². The van der Waals surface area contributed by atoms with Crippen molar-refractivity contribution < 1.29 is 23.8 Å². The van der Waals surface area contributed by atoms with Gasteiger partial charge < -0.3 is 14.2 Å². The van der Waals surface area contributed by atoms with E-state index in [1.165, 1.54) is 0 Å². The maximum Gasteiger partial charge on any atom is 0.316 e. The Labute approximate surface area is 210 Å². The largest absolute Gasteiger partial charge is 0.493 e. The summed E-state index contributed by atoms with van der Waals surface area (Å²) < 4.78 is 17.4. The first-order valence-electron chi connectivity index (χ1n) is 12.4. The molecule has 0 atom stereocenters. The number of ether oxygens (including phenoxy) is 3. The van der Waals surface area contributed by atoms with Crippen LogP contribution in [-0.2, 0) is 10.2 Å². The first-order chi connectivity index (χ1) is 16.4. The molecule has 0 aliphatic carbocycles. The number of benzene rings is 2. The fourth-order valence-electron chi connectivity index (χ4n) is 3.17. The number of allylic oxidation sites excluding steroid dienone is 1. The minimum absolute atomic E-state index is 0.140. The maximum atomic E-state index is 12.9. The molecule has 35 heavy (non-hydrogen) atoms. The maximum absolute atomic E-state index is 12.9. The second-order valence-electron chi connectivity index (χ2n) is 10.7. The Balaban J connectivity index is 2.32. The third kappa shape index (κ3) is 8.27. The van der Waals surface area contributed by atoms with Gasteiger partial charge in [-0.25, -0.2) is 0 Å². The van der Waals surface area contributed by atoms with Crippen molar-refractivity contribution in [1.29, 1.82) is 0 Å². The predicted molar refractivity (Wildman–Crippen MR) is 142 cm³/mol. The van der Waals surface area contributed by atoms with Crippen LogP contribution in [0, 0.1) is 5.41 Å². The zero-order valence-corrected chi connectivity index (χ0v) is 22.5. The molecule has 0 aliphatic rings. The summed E-state index contributed by atoms with van der Waals surface area (Å²) in [5.74, 6) is 1.45. The topological polar surface area (TPSA) is 61.8 Å². The number of rotatable bonds is 10. The van der Waals surface area contributed by atoms with Crippen LogP contribution in [0.2, 0.25) is 0 Å². The molecule has 0 aromatic heterocycles. The summed E-state index contributed by atoms with van der Waals surface area (Å²) in [6, 6.07) is 10.6. The molecule has 2 aromatic carbocycles. The summed E-state index contributed by atoms with van der Waals surface area (Å²) >= 11 is 0. The number of hydrogen-bond donors (Lipinski definition) is 0. The van der Waals surface area contributed by atoms with Gasteiger partial charge in [0.25, 0.3) is 0 Å². The average Bonchev–Trinajstić information content (AvgIpc) is 2.79. The highest BCUT2D eigenvalue weighted by atomic mass is 16.5. The summed E-state index contributed by atoms with van der Waals surface area (Å²) in [5, 5.41) is 0. The molecule has 0 unspecified atom stereocenters. The highest BCUT2D eigenvalue weighted by molar-refractivity contribution is 6.07. The summed E-state index contributed by atoms with van der Waals surface area (Å²) in [5.41, 5.74) is 1.66. The molecule has 190 valence electrons. The molecule has 0 fully saturated rings. The van der Waals surface area contributed by atoms with E-state index in [1.807, 2.05) is 6.07 Å². The first kappa shape index (κ1) is 28.2. The summed E-state index contributed by atoms with van der Waals surface area (Å²) in [6.45, 7) is 17.1. The summed E-state index contributed by atoms with van der Waals surface area (Å²) in [4.78, 5) is 24.9. The molecule has 2 aromatic rings. The molecule has 0 aliphatic heterocycles. The second kappa shape index (κ2) is 12.1. The van der Waals surface area contributed by atoms with Gasteiger partial charge in [-0.2, -0.15) is 0 Å². The summed E-state index contributed by atoms with van der Waals surface area (Å²) in [7, 11) is 0. The Morgan fingerprint density at radius 3 is 1.91 bits per heavy atom. The third-order valence-electron chi connectivity index (χ3n) is 5.22. The second-order valence-corrected chi connectivity index (χ2v) is 10.7. The van der Waals surface area contributed by atoms with Crippen molar-refractivity contribution >= 4 is 17.8 Å². The molecular formula is C30H40O5. The van der Waals surface area contributed by atoms with Crippen molar-refractivity contribution in [2.24, 2.45) is 5.41 Å². The van der Waals surface area contributed by atoms with E-state index in [4.69, 9.17) is 14.2 Å². The van der Waals surface area contributed by atoms with Gasteiger partial charge in [0.05, 0.1) is 18.6 Å². The Morgan fingerprint density at radius 2 is 1.40 bits per heavy atom. The van der Waals surface area contributed by atoms with Crippen molar-refractivity contribution in [1.82, 2.24) is 0 Å². The van der Waals surface area contributed by atoms with Crippen LogP contribution >= 0.6 is 0 Å². The minimum Gasteiger partial charge on any atom is -0.493 e. The van der Waals surface area contributed by atoms with Crippen LogP contribution in [0.25, 0.3) is 6.08 Å². The van der Waals surface area contributed by atoms with Crippen molar-refractivity contribution in [2.75, 3.05) is 13.2 Å². The van der Waals surface area contributed by atoms with Gasteiger partial charge in [0.1, 0.15) is 17.2 Å². The molecule has 5 nitrogen and oxygen atoms in total. The Hall–Kier alpha value is -3.08. The van der Waals surface area contributed by atoms with E-state index in [0.29, 0.717) is 30.3 Å². The minimum atomic E-state index is -0.599. The van der Waals surface area contributed by atoms with Crippen LogP contribution in [0.15, 0.2) is 42.5 Å². The first-order valence-corrected chi connectivity index (χ1v) is 12.4. The van der Waals surface area contributed by atoms with E-state index in [-0.39, 0.29) is 17.2 Å². The zero-order valence-electron chi connectivity index (χ0n) is 22.5. The molecule has 0 saturated heterocycles. The van der Waals surface area contributed by atoms with E-state index in [1.54, 1.807) is 57.2 Å². The number of hydrogen-bond acceptors (Lipinski definition) is 5. The highest BCUT2D eigenvalue weighted by Gasteiger charge is 2.24. The van der Waals surface area contributed by atoms with E-state index in [9.17, 15) is 9.59 Å². The normalized spacial score (nSPS) is 12.0. The van der Waals surface area contributed by atoms with Crippen LogP contribution in [0.3, 0.4) is 0 Å². The van der Waals surface area contributed by atoms with Gasteiger partial charge in [0.2, 0.25) is 0 Å². The number of carbonyl (C=O) groups excluding carboxylic acids is 2. The van der Waals surface area contributed by atoms with E-state index in [2.05, 4.69) is 40.7 Å². The molecule has 0 saturated carbocycles. The predicted octanol–water partition coefficient (Wildman–Crippen LogP) is 7.41. The van der Waals surface area contributed by atoms with E-state index in [0.717, 1.165) is 29.7 Å². The van der Waals surface area contributed by atoms with Gasteiger partial charge in [-0.1, -0.05) is 34.6 Å². The quantitative estimate of drug-likeness (QED) is 0.153. The standard InChI is InChI=1S/C30H40O5/c1-9-17-33-26-20-27(34-18-10-2)24(29(3,4)5)19-22(26)13-16-25(31)21-11-14-23(15-12-21)35-28(32)30(6,7)8/h11-16,19-20H,9-10,17-18H2,1-8H3/b16-13+. The van der Waals surface area contributed by atoms with E-state index < -0.39 is 5.41 Å². The third-order valence-corrected chi connectivity index (χ3v) is 5.22. The van der Waals surface area contributed by atoms with Gasteiger partial charge in [0, 0.05) is 22.8 Å². The SMILES string of the molecule is CCCOc1cc(OCCC)c(C(C)(C)C)cc1/C=C/C(=O)c1ccc(OC(=O)C(C)(C)C)cc1. The average molecular weight is 481 g/mol. The van der Waals surface area contributed by atoms with Crippen molar-refractivity contribution in [3.8, 4) is 17.2 Å². The van der Waals surface area contributed by atoms with Crippen LogP contribution in [0.5, 0.6) is 17.2 Å². The fourth-order valence-corrected chi connectivity index (χ4v) is 3.17. The van der Waals surface area contributed by atoms with Crippen LogP contribution in [-0.4, -0.2) is 25.0 Å². The van der Waals surface area contributed by atoms with Crippen LogP contribution in [0.4, 0.5) is 0 Å². The number of ketones is 1. The lowest BCUT2D eigenvalue weighted by Crippen LogP contribution is -2.25. The van der Waals surface area contributed by atoms with Crippen molar-refractivity contribution in [3.63, 3.8) is 0 Å². The molecule has 0 radical (unpaired) electrons. The lowest BCUT2D eigenvalue weighted by atomic mass is 9.85. The van der Waals surface area contributed by atoms with Gasteiger partial charge in [0.15, 0.2) is 5.78 Å². The van der Waals surface area contributed by atoms with Crippen molar-refractivity contribution in [3.05, 3.63) is 59.2 Å². The Bertz CT molecular complexity index is 1030. The Morgan fingerprint density at radius 1 is 0.829 bits per heavy atom. The molecule has 0 amide bonds. The lowest BCUT2D eigenvalue weighted by molar-refractivity contribution is -0.143. The molecule has 0 spiro atoms. The molecular weight excluding hydrogens is 440 g/mol. The lowest BCUT2D eigenvalue weighted by Gasteiger charge is -2.25. The highest BCUT2D eigenvalue weighted by Crippen LogP contribution is 2.37. The van der Waals surface area contributed by atoms with Gasteiger partial charge in [-0.05, 0) is 81.5 Å². The number of carbonyl (C=O) groups is 2. The van der Waals surface area contributed by atoms with Crippen LogP contribution in [0.1, 0.15) is 89.7 Å². The van der Waals surface area contributed by atoms with Gasteiger partial charge >= 0.3 is 5.97 Å². The van der Waals surface area contributed by atoms with Gasteiger partial charge in [-0.15, -0.1) is 0 Å². The van der Waals surface area contributed by atoms with E-state index >= 15 is 0 Å². The molecule has 0 heterocycles. The molecule has 2 rings (SSSR count). The zero-order chi connectivity index (χ0) is 26.2. The van der Waals surface area contributed by atoms with Crippen LogP contribution < -0.4 is 14.2 Å². The molecule has 0 N–H and O–H groups in total. The fraction of sp³-hybridized carbons (Fsp3) is 0.467. The monoisotopic (exact) mass is 480 g/mol. The smallest absolute Gasteiger partial charge is 0.316 e. The molecule has 5 heteroatoms. The Kier molecular flexibility index (Phi) is 9.70. The van der Waals surface area contributed by atoms with Crippen molar-refractivity contribution in [2.45, 2.75) is 73.6 Å². The summed E-state index contributed by atoms with van der Waals surface area (Å²) in [6.07, 6.45) is 5.13. The number of esters is 1. The molecule has 0 bridgehead atoms.